The number of benzene rings is 2. The van der Waals surface area contributed by atoms with E-state index in [2.05, 4.69) is 17.5 Å². The SMILES string of the molecule is CC/C(=N/Nc1cccc(Cl)c1)c1ccc(Cl)cc1. The first-order valence-electron chi connectivity index (χ1n) is 6.03. The van der Waals surface area contributed by atoms with Gasteiger partial charge in [-0.2, -0.15) is 5.10 Å². The first-order valence-corrected chi connectivity index (χ1v) is 6.78. The third kappa shape index (κ3) is 3.98. The molecule has 0 saturated carbocycles. The molecule has 0 heterocycles. The van der Waals surface area contributed by atoms with Crippen molar-refractivity contribution in [3.8, 4) is 0 Å². The van der Waals surface area contributed by atoms with Crippen molar-refractivity contribution in [3.05, 3.63) is 64.1 Å². The van der Waals surface area contributed by atoms with Crippen molar-refractivity contribution < 1.29 is 0 Å². The van der Waals surface area contributed by atoms with E-state index in [1.165, 1.54) is 0 Å². The van der Waals surface area contributed by atoms with Crippen LogP contribution in [0.3, 0.4) is 0 Å². The maximum atomic E-state index is 5.93. The second-order valence-corrected chi connectivity index (χ2v) is 4.91. The normalized spacial score (nSPS) is 11.4. The molecule has 0 bridgehead atoms. The summed E-state index contributed by atoms with van der Waals surface area (Å²) in [7, 11) is 0. The highest BCUT2D eigenvalue weighted by Gasteiger charge is 2.01. The quantitative estimate of drug-likeness (QED) is 0.606. The zero-order valence-electron chi connectivity index (χ0n) is 10.5. The van der Waals surface area contributed by atoms with Gasteiger partial charge in [-0.25, -0.2) is 0 Å². The van der Waals surface area contributed by atoms with E-state index < -0.39 is 0 Å². The lowest BCUT2D eigenvalue weighted by atomic mass is 10.1. The Kier molecular flexibility index (Phi) is 4.83. The van der Waals surface area contributed by atoms with Crippen molar-refractivity contribution in [2.75, 3.05) is 5.43 Å². The zero-order valence-corrected chi connectivity index (χ0v) is 12.0. The third-order valence-electron chi connectivity index (χ3n) is 2.66. The number of rotatable bonds is 4. The number of nitrogens with one attached hydrogen (secondary N) is 1. The fourth-order valence-corrected chi connectivity index (χ4v) is 2.00. The Morgan fingerprint density at radius 3 is 2.42 bits per heavy atom. The van der Waals surface area contributed by atoms with Gasteiger partial charge in [-0.1, -0.05) is 48.3 Å². The molecule has 0 aromatic heterocycles. The van der Waals surface area contributed by atoms with Crippen LogP contribution in [0, 0.1) is 0 Å². The number of anilines is 1. The van der Waals surface area contributed by atoms with E-state index in [9.17, 15) is 0 Å². The van der Waals surface area contributed by atoms with Gasteiger partial charge in [0.1, 0.15) is 0 Å². The summed E-state index contributed by atoms with van der Waals surface area (Å²) < 4.78 is 0. The van der Waals surface area contributed by atoms with Gasteiger partial charge in [0.05, 0.1) is 11.4 Å². The van der Waals surface area contributed by atoms with E-state index in [0.29, 0.717) is 5.02 Å². The van der Waals surface area contributed by atoms with Crippen LogP contribution in [0.2, 0.25) is 10.0 Å². The minimum atomic E-state index is 0.685. The molecule has 2 nitrogen and oxygen atoms in total. The van der Waals surface area contributed by atoms with E-state index in [4.69, 9.17) is 23.2 Å². The van der Waals surface area contributed by atoms with Gasteiger partial charge in [0.2, 0.25) is 0 Å². The Balaban J connectivity index is 2.17. The van der Waals surface area contributed by atoms with Crippen LogP contribution in [0.1, 0.15) is 18.9 Å². The summed E-state index contributed by atoms with van der Waals surface area (Å²) in [5.41, 5.74) is 5.91. The number of nitrogens with zero attached hydrogens (tertiary/aromatic N) is 1. The molecule has 2 aromatic carbocycles. The van der Waals surface area contributed by atoms with Crippen molar-refractivity contribution in [3.63, 3.8) is 0 Å². The van der Waals surface area contributed by atoms with E-state index in [1.807, 2.05) is 48.5 Å². The van der Waals surface area contributed by atoms with Crippen molar-refractivity contribution in [1.29, 1.82) is 0 Å². The second-order valence-electron chi connectivity index (χ2n) is 4.04. The smallest absolute Gasteiger partial charge is 0.0676 e. The van der Waals surface area contributed by atoms with Gasteiger partial charge in [0, 0.05) is 10.0 Å². The predicted molar refractivity (Wildman–Crippen MR) is 83.4 cm³/mol. The number of hydrogen-bond donors (Lipinski definition) is 1. The molecule has 0 spiro atoms. The summed E-state index contributed by atoms with van der Waals surface area (Å²) in [4.78, 5) is 0. The molecule has 98 valence electrons. The van der Waals surface area contributed by atoms with Crippen molar-refractivity contribution >= 4 is 34.6 Å². The number of hydrazone groups is 1. The molecular weight excluding hydrogens is 279 g/mol. The van der Waals surface area contributed by atoms with Crippen LogP contribution in [-0.4, -0.2) is 5.71 Å². The van der Waals surface area contributed by atoms with Crippen LogP contribution in [0.25, 0.3) is 0 Å². The van der Waals surface area contributed by atoms with Crippen molar-refractivity contribution in [2.45, 2.75) is 13.3 Å². The molecule has 0 atom stereocenters. The average Bonchev–Trinajstić information content (AvgIpc) is 2.41. The van der Waals surface area contributed by atoms with Gasteiger partial charge in [-0.3, -0.25) is 5.43 Å². The fraction of sp³-hybridized carbons (Fsp3) is 0.133. The molecule has 1 N–H and O–H groups in total. The van der Waals surface area contributed by atoms with E-state index in [0.717, 1.165) is 28.4 Å². The third-order valence-corrected chi connectivity index (χ3v) is 3.14. The lowest BCUT2D eigenvalue weighted by molar-refractivity contribution is 1.22. The summed E-state index contributed by atoms with van der Waals surface area (Å²) >= 11 is 11.8. The minimum Gasteiger partial charge on any atom is -0.278 e. The van der Waals surface area contributed by atoms with Gasteiger partial charge < -0.3 is 0 Å². The van der Waals surface area contributed by atoms with Gasteiger partial charge in [-0.15, -0.1) is 0 Å². The molecule has 0 amide bonds. The van der Waals surface area contributed by atoms with E-state index in [1.54, 1.807) is 0 Å². The Hall–Kier alpha value is -1.51. The van der Waals surface area contributed by atoms with Crippen LogP contribution in [0.5, 0.6) is 0 Å². The lowest BCUT2D eigenvalue weighted by Gasteiger charge is -2.06. The van der Waals surface area contributed by atoms with Crippen molar-refractivity contribution in [2.24, 2.45) is 5.10 Å². The fourth-order valence-electron chi connectivity index (χ4n) is 1.68. The molecule has 0 saturated heterocycles. The van der Waals surface area contributed by atoms with Crippen molar-refractivity contribution in [1.82, 2.24) is 0 Å². The van der Waals surface area contributed by atoms with Crippen LogP contribution >= 0.6 is 23.2 Å². The van der Waals surface area contributed by atoms with Crippen LogP contribution in [0.15, 0.2) is 53.6 Å². The lowest BCUT2D eigenvalue weighted by Crippen LogP contribution is -2.02. The largest absolute Gasteiger partial charge is 0.278 e. The second kappa shape index (κ2) is 6.60. The van der Waals surface area contributed by atoms with Crippen LogP contribution in [0.4, 0.5) is 5.69 Å². The van der Waals surface area contributed by atoms with Crippen LogP contribution < -0.4 is 5.43 Å². The van der Waals surface area contributed by atoms with Crippen LogP contribution in [-0.2, 0) is 0 Å². The molecular formula is C15H14Cl2N2. The maximum Gasteiger partial charge on any atom is 0.0676 e. The molecule has 0 aliphatic rings. The van der Waals surface area contributed by atoms with E-state index >= 15 is 0 Å². The standard InChI is InChI=1S/C15H14Cl2N2/c1-2-15(11-6-8-12(16)9-7-11)19-18-14-5-3-4-13(17)10-14/h3-10,18H,2H2,1H3/b19-15-. The highest BCUT2D eigenvalue weighted by Crippen LogP contribution is 2.16. The molecule has 2 rings (SSSR count). The summed E-state index contributed by atoms with van der Waals surface area (Å²) in [5, 5.41) is 5.83. The number of halogens is 2. The highest BCUT2D eigenvalue weighted by molar-refractivity contribution is 6.31. The first kappa shape index (κ1) is 13.9. The van der Waals surface area contributed by atoms with Gasteiger partial charge in [-0.05, 0) is 42.3 Å². The molecule has 2 aromatic rings. The van der Waals surface area contributed by atoms with Gasteiger partial charge >= 0.3 is 0 Å². The summed E-state index contributed by atoms with van der Waals surface area (Å²) in [6, 6.07) is 15.1. The Morgan fingerprint density at radius 2 is 1.79 bits per heavy atom. The molecule has 19 heavy (non-hydrogen) atoms. The Labute approximate surface area is 123 Å². The van der Waals surface area contributed by atoms with Gasteiger partial charge in [0.25, 0.3) is 0 Å². The monoisotopic (exact) mass is 292 g/mol. The molecule has 0 unspecified atom stereocenters. The molecule has 4 heteroatoms. The Morgan fingerprint density at radius 1 is 1.05 bits per heavy atom. The summed E-state index contributed by atoms with van der Waals surface area (Å²) in [5.74, 6) is 0. The highest BCUT2D eigenvalue weighted by atomic mass is 35.5. The molecule has 0 aliphatic carbocycles. The average molecular weight is 293 g/mol. The summed E-state index contributed by atoms with van der Waals surface area (Å²) in [6.45, 7) is 2.06. The summed E-state index contributed by atoms with van der Waals surface area (Å²) in [6.07, 6.45) is 0.829. The molecule has 0 aliphatic heterocycles. The predicted octanol–water partition coefficient (Wildman–Crippen LogP) is 5.22. The number of hydrogen-bond acceptors (Lipinski definition) is 2. The first-order chi connectivity index (χ1) is 9.19. The van der Waals surface area contributed by atoms with E-state index in [-0.39, 0.29) is 0 Å². The molecule has 0 fully saturated rings. The molecule has 0 radical (unpaired) electrons. The minimum absolute atomic E-state index is 0.685. The van der Waals surface area contributed by atoms with Gasteiger partial charge in [0.15, 0.2) is 0 Å². The zero-order chi connectivity index (χ0) is 13.7. The maximum absolute atomic E-state index is 5.93. The topological polar surface area (TPSA) is 24.4 Å². The Bertz CT molecular complexity index is 577.